The van der Waals surface area contributed by atoms with Crippen LogP contribution in [0.2, 0.25) is 0 Å². The number of carboxylic acid groups (broad SMARTS) is 1. The third kappa shape index (κ3) is 1.69. The lowest BCUT2D eigenvalue weighted by atomic mass is 9.92. The van der Waals surface area contributed by atoms with Crippen molar-refractivity contribution in [1.82, 2.24) is 10.2 Å². The Balaban J connectivity index is 1.98. The Morgan fingerprint density at radius 3 is 3.08 bits per heavy atom. The molecule has 0 aromatic rings. The molecule has 4 heteroatoms. The zero-order valence-electron chi connectivity index (χ0n) is 7.86. The number of nitrogens with zero attached hydrogens (tertiary/aromatic N) is 1. The highest BCUT2D eigenvalue weighted by atomic mass is 16.4. The molecular formula is C9H16N2O2. The molecule has 2 saturated heterocycles. The van der Waals surface area contributed by atoms with Gasteiger partial charge in [-0.05, 0) is 32.4 Å². The van der Waals surface area contributed by atoms with Crippen LogP contribution < -0.4 is 5.32 Å². The van der Waals surface area contributed by atoms with Gasteiger partial charge in [0.05, 0.1) is 0 Å². The number of likely N-dealkylation sites (N-methyl/N-ethyl adjacent to an activating group) is 1. The van der Waals surface area contributed by atoms with Gasteiger partial charge in [0.2, 0.25) is 0 Å². The lowest BCUT2D eigenvalue weighted by molar-refractivity contribution is -0.139. The number of nitrogens with one attached hydrogen (secondary N) is 1. The maximum absolute atomic E-state index is 10.8. The number of piperidine rings is 1. The monoisotopic (exact) mass is 184 g/mol. The summed E-state index contributed by atoms with van der Waals surface area (Å²) in [6, 6.07) is 0.0985. The number of rotatable bonds is 1. The molecule has 74 valence electrons. The number of likely N-dealkylation sites (tertiary alicyclic amines) is 1. The fraction of sp³-hybridized carbons (Fsp3) is 0.889. The van der Waals surface area contributed by atoms with Crippen LogP contribution in [0.25, 0.3) is 0 Å². The molecular weight excluding hydrogens is 168 g/mol. The summed E-state index contributed by atoms with van der Waals surface area (Å²) in [4.78, 5) is 13.0. The first-order valence-electron chi connectivity index (χ1n) is 4.84. The maximum Gasteiger partial charge on any atom is 0.320 e. The number of carboxylic acids is 1. The first-order chi connectivity index (χ1) is 6.16. The molecule has 0 bridgehead atoms. The number of hydrogen-bond acceptors (Lipinski definition) is 3. The minimum Gasteiger partial charge on any atom is -0.480 e. The van der Waals surface area contributed by atoms with Gasteiger partial charge in [-0.2, -0.15) is 0 Å². The molecule has 13 heavy (non-hydrogen) atoms. The highest BCUT2D eigenvalue weighted by Gasteiger charge is 2.39. The Morgan fingerprint density at radius 1 is 1.62 bits per heavy atom. The topological polar surface area (TPSA) is 52.6 Å². The number of hydrogen-bond donors (Lipinski definition) is 2. The quantitative estimate of drug-likeness (QED) is 0.590. The van der Waals surface area contributed by atoms with Crippen molar-refractivity contribution < 1.29 is 9.90 Å². The molecule has 0 amide bonds. The van der Waals surface area contributed by atoms with Gasteiger partial charge in [0.15, 0.2) is 0 Å². The summed E-state index contributed by atoms with van der Waals surface area (Å²) < 4.78 is 0. The van der Waals surface area contributed by atoms with Crippen LogP contribution in [0.1, 0.15) is 12.8 Å². The second-order valence-corrected chi connectivity index (χ2v) is 4.21. The second-order valence-electron chi connectivity index (χ2n) is 4.21. The molecule has 2 rings (SSSR count). The fourth-order valence-corrected chi connectivity index (χ4v) is 2.44. The Kier molecular flexibility index (Phi) is 2.26. The molecule has 2 aliphatic rings. The van der Waals surface area contributed by atoms with Crippen molar-refractivity contribution in [3.8, 4) is 0 Å². The molecule has 0 radical (unpaired) electrons. The van der Waals surface area contributed by atoms with E-state index in [2.05, 4.69) is 17.3 Å². The second kappa shape index (κ2) is 3.27. The van der Waals surface area contributed by atoms with E-state index in [-0.39, 0.29) is 6.04 Å². The summed E-state index contributed by atoms with van der Waals surface area (Å²) >= 11 is 0. The summed E-state index contributed by atoms with van der Waals surface area (Å²) in [6.45, 7) is 2.10. The standard InChI is InChI=1S/C9H16N2O2/c1-11-3-2-6-4-7(9(12)13)10-8(6)5-11/h6-8,10H,2-5H2,1H3,(H,12,13). The highest BCUT2D eigenvalue weighted by molar-refractivity contribution is 5.74. The molecule has 2 heterocycles. The first-order valence-corrected chi connectivity index (χ1v) is 4.84. The van der Waals surface area contributed by atoms with E-state index in [0.29, 0.717) is 12.0 Å². The SMILES string of the molecule is CN1CCC2CC(C(=O)O)NC2C1. The predicted molar refractivity (Wildman–Crippen MR) is 48.6 cm³/mol. The molecule has 2 fully saturated rings. The van der Waals surface area contributed by atoms with Gasteiger partial charge in [-0.15, -0.1) is 0 Å². The summed E-state index contributed by atoms with van der Waals surface area (Å²) in [5, 5.41) is 12.0. The first kappa shape index (κ1) is 8.97. The lowest BCUT2D eigenvalue weighted by Crippen LogP contribution is -2.46. The van der Waals surface area contributed by atoms with Crippen molar-refractivity contribution in [3.05, 3.63) is 0 Å². The van der Waals surface area contributed by atoms with E-state index in [1.807, 2.05) is 0 Å². The Morgan fingerprint density at radius 2 is 2.38 bits per heavy atom. The minimum absolute atomic E-state index is 0.304. The molecule has 0 saturated carbocycles. The lowest BCUT2D eigenvalue weighted by Gasteiger charge is -2.31. The number of aliphatic carboxylic acids is 1. The Labute approximate surface area is 77.9 Å². The molecule has 4 nitrogen and oxygen atoms in total. The number of fused-ring (bicyclic) bond motifs is 1. The van der Waals surface area contributed by atoms with Crippen LogP contribution in [-0.2, 0) is 4.79 Å². The molecule has 2 N–H and O–H groups in total. The van der Waals surface area contributed by atoms with Crippen molar-refractivity contribution in [2.45, 2.75) is 24.9 Å². The van der Waals surface area contributed by atoms with E-state index < -0.39 is 5.97 Å². The van der Waals surface area contributed by atoms with Crippen molar-refractivity contribution in [3.63, 3.8) is 0 Å². The van der Waals surface area contributed by atoms with E-state index in [0.717, 1.165) is 25.9 Å². The van der Waals surface area contributed by atoms with Gasteiger partial charge in [0, 0.05) is 12.6 Å². The molecule has 0 aliphatic carbocycles. The average molecular weight is 184 g/mol. The van der Waals surface area contributed by atoms with Gasteiger partial charge in [-0.25, -0.2) is 0 Å². The van der Waals surface area contributed by atoms with E-state index in [1.165, 1.54) is 0 Å². The van der Waals surface area contributed by atoms with Crippen LogP contribution in [0.3, 0.4) is 0 Å². The van der Waals surface area contributed by atoms with E-state index in [4.69, 9.17) is 5.11 Å². The summed E-state index contributed by atoms with van der Waals surface area (Å²) in [7, 11) is 2.09. The van der Waals surface area contributed by atoms with Gasteiger partial charge in [-0.1, -0.05) is 0 Å². The third-order valence-electron chi connectivity index (χ3n) is 3.21. The van der Waals surface area contributed by atoms with Crippen LogP contribution in [0.4, 0.5) is 0 Å². The molecule has 2 aliphatic heterocycles. The molecule has 0 aromatic heterocycles. The minimum atomic E-state index is -0.697. The van der Waals surface area contributed by atoms with Gasteiger partial charge >= 0.3 is 5.97 Å². The largest absolute Gasteiger partial charge is 0.480 e. The van der Waals surface area contributed by atoms with Crippen molar-refractivity contribution >= 4 is 5.97 Å². The summed E-state index contributed by atoms with van der Waals surface area (Å²) in [5.74, 6) is -0.116. The van der Waals surface area contributed by atoms with Gasteiger partial charge < -0.3 is 15.3 Å². The summed E-state index contributed by atoms with van der Waals surface area (Å²) in [5.41, 5.74) is 0. The highest BCUT2D eigenvalue weighted by Crippen LogP contribution is 2.27. The average Bonchev–Trinajstić information content (AvgIpc) is 2.46. The van der Waals surface area contributed by atoms with Crippen LogP contribution in [-0.4, -0.2) is 48.2 Å². The van der Waals surface area contributed by atoms with Crippen molar-refractivity contribution in [2.75, 3.05) is 20.1 Å². The molecule has 3 unspecified atom stereocenters. The van der Waals surface area contributed by atoms with Crippen molar-refractivity contribution in [1.29, 1.82) is 0 Å². The van der Waals surface area contributed by atoms with Crippen LogP contribution in [0.5, 0.6) is 0 Å². The zero-order chi connectivity index (χ0) is 9.42. The van der Waals surface area contributed by atoms with Crippen LogP contribution >= 0.6 is 0 Å². The van der Waals surface area contributed by atoms with Gasteiger partial charge in [-0.3, -0.25) is 4.79 Å². The maximum atomic E-state index is 10.8. The van der Waals surface area contributed by atoms with Crippen molar-refractivity contribution in [2.24, 2.45) is 5.92 Å². The van der Waals surface area contributed by atoms with E-state index in [9.17, 15) is 4.79 Å². The zero-order valence-corrected chi connectivity index (χ0v) is 7.86. The van der Waals surface area contributed by atoms with Crippen LogP contribution in [0.15, 0.2) is 0 Å². The number of carbonyl (C=O) groups is 1. The normalized spacial score (nSPS) is 40.2. The Hall–Kier alpha value is -0.610. The summed E-state index contributed by atoms with van der Waals surface area (Å²) in [6.07, 6.45) is 1.95. The van der Waals surface area contributed by atoms with Crippen LogP contribution in [0, 0.1) is 5.92 Å². The molecule has 3 atom stereocenters. The predicted octanol–water partition coefficient (Wildman–Crippen LogP) is -0.247. The van der Waals surface area contributed by atoms with E-state index in [1.54, 1.807) is 0 Å². The molecule has 0 spiro atoms. The smallest absolute Gasteiger partial charge is 0.320 e. The fourth-order valence-electron chi connectivity index (χ4n) is 2.44. The Bertz CT molecular complexity index is 220. The van der Waals surface area contributed by atoms with Gasteiger partial charge in [0.1, 0.15) is 6.04 Å². The van der Waals surface area contributed by atoms with Gasteiger partial charge in [0.25, 0.3) is 0 Å². The molecule has 0 aromatic carbocycles. The van der Waals surface area contributed by atoms with E-state index >= 15 is 0 Å². The third-order valence-corrected chi connectivity index (χ3v) is 3.21.